The van der Waals surface area contributed by atoms with E-state index in [1.807, 2.05) is 0 Å². The third kappa shape index (κ3) is 7.68. The van der Waals surface area contributed by atoms with Crippen molar-refractivity contribution in [3.05, 3.63) is 23.9 Å². The SMILES string of the molecule is CCN1CCCC1CNC(N)=NCc1cccc(OCC(F)F)n1.I. The molecule has 6 nitrogen and oxygen atoms in total. The summed E-state index contributed by atoms with van der Waals surface area (Å²) in [4.78, 5) is 10.8. The summed E-state index contributed by atoms with van der Waals surface area (Å²) in [5.74, 6) is 0.526. The topological polar surface area (TPSA) is 75.8 Å². The molecule has 0 radical (unpaired) electrons. The van der Waals surface area contributed by atoms with Gasteiger partial charge in [0.2, 0.25) is 5.88 Å². The van der Waals surface area contributed by atoms with Crippen LogP contribution in [0.2, 0.25) is 0 Å². The Morgan fingerprint density at radius 2 is 2.32 bits per heavy atom. The Balaban J connectivity index is 0.00000312. The van der Waals surface area contributed by atoms with Crippen molar-refractivity contribution in [2.45, 2.75) is 38.8 Å². The molecular formula is C16H26F2IN5O. The highest BCUT2D eigenvalue weighted by molar-refractivity contribution is 14.0. The maximum absolute atomic E-state index is 12.1. The maximum atomic E-state index is 12.1. The number of alkyl halides is 2. The number of ether oxygens (including phenoxy) is 1. The number of nitrogens with one attached hydrogen (secondary N) is 1. The van der Waals surface area contributed by atoms with Crippen molar-refractivity contribution in [2.24, 2.45) is 10.7 Å². The number of nitrogens with two attached hydrogens (primary N) is 1. The van der Waals surface area contributed by atoms with E-state index in [0.29, 0.717) is 17.7 Å². The Morgan fingerprint density at radius 3 is 3.04 bits per heavy atom. The smallest absolute Gasteiger partial charge is 0.272 e. The van der Waals surface area contributed by atoms with Crippen LogP contribution < -0.4 is 15.8 Å². The first-order valence-electron chi connectivity index (χ1n) is 8.23. The number of aliphatic imine (C=N–C) groups is 1. The molecule has 1 unspecified atom stereocenters. The number of aromatic nitrogens is 1. The quantitative estimate of drug-likeness (QED) is 0.347. The minimum atomic E-state index is -2.52. The molecule has 25 heavy (non-hydrogen) atoms. The van der Waals surface area contributed by atoms with Gasteiger partial charge in [0.15, 0.2) is 12.6 Å². The van der Waals surface area contributed by atoms with Crippen LogP contribution in [0.5, 0.6) is 5.88 Å². The van der Waals surface area contributed by atoms with Crippen molar-refractivity contribution in [3.8, 4) is 5.88 Å². The van der Waals surface area contributed by atoms with Crippen LogP contribution in [0.25, 0.3) is 0 Å². The summed E-state index contributed by atoms with van der Waals surface area (Å²) in [5, 5.41) is 3.14. The number of likely N-dealkylation sites (tertiary alicyclic amines) is 1. The first kappa shape index (κ1) is 21.8. The van der Waals surface area contributed by atoms with E-state index < -0.39 is 13.0 Å². The van der Waals surface area contributed by atoms with Crippen LogP contribution in [0.1, 0.15) is 25.5 Å². The molecule has 1 aromatic rings. The van der Waals surface area contributed by atoms with E-state index in [9.17, 15) is 8.78 Å². The van der Waals surface area contributed by atoms with E-state index in [0.717, 1.165) is 19.6 Å². The normalized spacial score (nSPS) is 18.2. The van der Waals surface area contributed by atoms with Gasteiger partial charge in [-0.1, -0.05) is 13.0 Å². The Hall–Kier alpha value is -1.23. The van der Waals surface area contributed by atoms with Crippen molar-refractivity contribution in [3.63, 3.8) is 0 Å². The minimum Gasteiger partial charge on any atom is -0.472 e. The Labute approximate surface area is 164 Å². The van der Waals surface area contributed by atoms with Crippen molar-refractivity contribution >= 4 is 29.9 Å². The van der Waals surface area contributed by atoms with Crippen LogP contribution in [-0.4, -0.2) is 54.6 Å². The van der Waals surface area contributed by atoms with Crippen LogP contribution in [0.4, 0.5) is 8.78 Å². The Bertz CT molecular complexity index is 547. The number of hydrogen-bond donors (Lipinski definition) is 2. The Kier molecular flexibility index (Phi) is 9.94. The Morgan fingerprint density at radius 1 is 1.52 bits per heavy atom. The number of guanidine groups is 1. The lowest BCUT2D eigenvalue weighted by molar-refractivity contribution is 0.0795. The molecule has 1 fully saturated rings. The molecule has 142 valence electrons. The molecule has 9 heteroatoms. The second-order valence-corrected chi connectivity index (χ2v) is 5.68. The summed E-state index contributed by atoms with van der Waals surface area (Å²) in [6.07, 6.45) is -0.141. The molecule has 1 atom stereocenters. The van der Waals surface area contributed by atoms with Gasteiger partial charge in [-0.25, -0.2) is 18.8 Å². The lowest BCUT2D eigenvalue weighted by Gasteiger charge is -2.23. The number of likely N-dealkylation sites (N-methyl/N-ethyl adjacent to an activating group) is 1. The average molecular weight is 469 g/mol. The second-order valence-electron chi connectivity index (χ2n) is 5.68. The molecule has 0 bridgehead atoms. The zero-order chi connectivity index (χ0) is 17.4. The summed E-state index contributed by atoms with van der Waals surface area (Å²) < 4.78 is 29.2. The van der Waals surface area contributed by atoms with Crippen LogP contribution in [0.15, 0.2) is 23.2 Å². The molecule has 1 aromatic heterocycles. The molecule has 1 aliphatic rings. The largest absolute Gasteiger partial charge is 0.472 e. The molecule has 1 aliphatic heterocycles. The molecule has 3 N–H and O–H groups in total. The van der Waals surface area contributed by atoms with Crippen LogP contribution >= 0.6 is 24.0 Å². The van der Waals surface area contributed by atoms with Crippen molar-refractivity contribution in [1.82, 2.24) is 15.2 Å². The minimum absolute atomic E-state index is 0. The van der Waals surface area contributed by atoms with Gasteiger partial charge in [-0.15, -0.1) is 24.0 Å². The number of hydrogen-bond acceptors (Lipinski definition) is 4. The summed E-state index contributed by atoms with van der Waals surface area (Å²) in [6, 6.07) is 5.48. The third-order valence-electron chi connectivity index (χ3n) is 3.97. The standard InChI is InChI=1S/C16H25F2N5O.HI/c1-2-23-8-4-6-13(23)10-21-16(19)20-9-12-5-3-7-15(22-12)24-11-14(17)18;/h3,5,7,13-14H,2,4,6,8-11H2,1H3,(H3,19,20,21);1H. The predicted octanol–water partition coefficient (Wildman–Crippen LogP) is 2.23. The maximum Gasteiger partial charge on any atom is 0.272 e. The fourth-order valence-corrected chi connectivity index (χ4v) is 2.76. The second kappa shape index (κ2) is 11.4. The van der Waals surface area contributed by atoms with Gasteiger partial charge in [0.1, 0.15) is 0 Å². The lowest BCUT2D eigenvalue weighted by Crippen LogP contribution is -2.42. The first-order valence-corrected chi connectivity index (χ1v) is 8.23. The molecular weight excluding hydrogens is 443 g/mol. The van der Waals surface area contributed by atoms with Gasteiger partial charge < -0.3 is 15.8 Å². The number of rotatable bonds is 8. The number of halogens is 3. The fourth-order valence-electron chi connectivity index (χ4n) is 2.76. The predicted molar refractivity (Wildman–Crippen MR) is 105 cm³/mol. The van der Waals surface area contributed by atoms with Gasteiger partial charge in [0.25, 0.3) is 6.43 Å². The number of pyridine rings is 1. The molecule has 0 aliphatic carbocycles. The van der Waals surface area contributed by atoms with Gasteiger partial charge in [0.05, 0.1) is 12.2 Å². The van der Waals surface area contributed by atoms with E-state index in [1.54, 1.807) is 12.1 Å². The van der Waals surface area contributed by atoms with E-state index in [-0.39, 0.29) is 36.4 Å². The zero-order valence-corrected chi connectivity index (χ0v) is 16.7. The molecule has 0 spiro atoms. The molecule has 2 rings (SSSR count). The third-order valence-corrected chi connectivity index (χ3v) is 3.97. The number of nitrogens with zero attached hydrogens (tertiary/aromatic N) is 3. The highest BCUT2D eigenvalue weighted by Crippen LogP contribution is 2.15. The van der Waals surface area contributed by atoms with Crippen molar-refractivity contribution in [2.75, 3.05) is 26.2 Å². The molecule has 0 amide bonds. The van der Waals surface area contributed by atoms with Gasteiger partial charge in [-0.05, 0) is 32.0 Å². The summed E-state index contributed by atoms with van der Waals surface area (Å²) in [6.45, 7) is 4.71. The summed E-state index contributed by atoms with van der Waals surface area (Å²) in [7, 11) is 0. The van der Waals surface area contributed by atoms with Crippen LogP contribution in [0, 0.1) is 0 Å². The van der Waals surface area contributed by atoms with Gasteiger partial charge in [0, 0.05) is 18.7 Å². The van der Waals surface area contributed by atoms with E-state index >= 15 is 0 Å². The highest BCUT2D eigenvalue weighted by Gasteiger charge is 2.22. The zero-order valence-electron chi connectivity index (χ0n) is 14.3. The van der Waals surface area contributed by atoms with Crippen LogP contribution in [0.3, 0.4) is 0 Å². The van der Waals surface area contributed by atoms with Crippen molar-refractivity contribution in [1.29, 1.82) is 0 Å². The average Bonchev–Trinajstić information content (AvgIpc) is 3.04. The van der Waals surface area contributed by atoms with E-state index in [1.165, 1.54) is 18.9 Å². The summed E-state index contributed by atoms with van der Waals surface area (Å²) in [5.41, 5.74) is 6.50. The molecule has 0 aromatic carbocycles. The lowest BCUT2D eigenvalue weighted by atomic mass is 10.2. The van der Waals surface area contributed by atoms with Crippen molar-refractivity contribution < 1.29 is 13.5 Å². The molecule has 1 saturated heterocycles. The van der Waals surface area contributed by atoms with Gasteiger partial charge in [-0.3, -0.25) is 4.90 Å². The summed E-state index contributed by atoms with van der Waals surface area (Å²) >= 11 is 0. The van der Waals surface area contributed by atoms with E-state index in [2.05, 4.69) is 27.1 Å². The highest BCUT2D eigenvalue weighted by atomic mass is 127. The van der Waals surface area contributed by atoms with Gasteiger partial charge >= 0.3 is 0 Å². The first-order chi connectivity index (χ1) is 11.6. The molecule has 2 heterocycles. The van der Waals surface area contributed by atoms with E-state index in [4.69, 9.17) is 10.5 Å². The fraction of sp³-hybridized carbons (Fsp3) is 0.625. The van der Waals surface area contributed by atoms with Crippen LogP contribution in [-0.2, 0) is 6.54 Å². The molecule has 0 saturated carbocycles. The van der Waals surface area contributed by atoms with Gasteiger partial charge in [-0.2, -0.15) is 0 Å². The monoisotopic (exact) mass is 469 g/mol.